The minimum Gasteiger partial charge on any atom is -0.422 e. The van der Waals surface area contributed by atoms with Crippen molar-refractivity contribution in [1.29, 1.82) is 0 Å². The van der Waals surface area contributed by atoms with Gasteiger partial charge in [-0.3, -0.25) is 4.79 Å². The summed E-state index contributed by atoms with van der Waals surface area (Å²) in [6.45, 7) is 3.23. The molecule has 0 aromatic heterocycles. The highest BCUT2D eigenvalue weighted by atomic mass is 28.2. The minimum absolute atomic E-state index is 0.221. The van der Waals surface area contributed by atoms with Gasteiger partial charge in [-0.15, -0.1) is 0 Å². The van der Waals surface area contributed by atoms with Crippen LogP contribution in [0.3, 0.4) is 0 Å². The number of ketones is 1. The molecule has 14 heavy (non-hydrogen) atoms. The molecule has 0 radical (unpaired) electrons. The number of hydrogen-bond donors (Lipinski definition) is 0. The van der Waals surface area contributed by atoms with Crippen molar-refractivity contribution >= 4 is 15.5 Å². The van der Waals surface area contributed by atoms with Crippen LogP contribution in [0.4, 0.5) is 0 Å². The van der Waals surface area contributed by atoms with E-state index in [0.717, 1.165) is 12.5 Å². The lowest BCUT2D eigenvalue weighted by molar-refractivity contribution is -0.114. The largest absolute Gasteiger partial charge is 0.422 e. The van der Waals surface area contributed by atoms with Crippen LogP contribution < -0.4 is 0 Å². The Morgan fingerprint density at radius 3 is 2.86 bits per heavy atom. The van der Waals surface area contributed by atoms with E-state index in [1.54, 1.807) is 19.3 Å². The number of rotatable bonds is 9. The zero-order chi connectivity index (χ0) is 10.6. The first-order valence-corrected chi connectivity index (χ1v) is 6.61. The average molecular weight is 216 g/mol. The van der Waals surface area contributed by atoms with E-state index in [1.807, 2.05) is 6.92 Å². The number of carbonyl (C=O) groups is 1. The van der Waals surface area contributed by atoms with Crippen molar-refractivity contribution in [3.05, 3.63) is 12.2 Å². The minimum atomic E-state index is -0.422. The highest BCUT2D eigenvalue weighted by Crippen LogP contribution is 1.97. The zero-order valence-electron chi connectivity index (χ0n) is 9.12. The maximum absolute atomic E-state index is 11.0. The fourth-order valence-electron chi connectivity index (χ4n) is 1.02. The second-order valence-electron chi connectivity index (χ2n) is 3.03. The molecule has 3 nitrogen and oxygen atoms in total. The van der Waals surface area contributed by atoms with Gasteiger partial charge in [0.05, 0.1) is 13.2 Å². The first-order chi connectivity index (χ1) is 6.81. The van der Waals surface area contributed by atoms with Gasteiger partial charge in [-0.05, 0) is 25.5 Å². The lowest BCUT2D eigenvalue weighted by Gasteiger charge is -2.01. The van der Waals surface area contributed by atoms with E-state index in [1.165, 1.54) is 0 Å². The van der Waals surface area contributed by atoms with Gasteiger partial charge >= 0.3 is 0 Å². The van der Waals surface area contributed by atoms with Gasteiger partial charge in [-0.25, -0.2) is 0 Å². The molecule has 82 valence electrons. The molecule has 4 heteroatoms. The summed E-state index contributed by atoms with van der Waals surface area (Å²) < 4.78 is 10.3. The number of allylic oxidation sites excluding steroid dienone is 2. The van der Waals surface area contributed by atoms with Crippen molar-refractivity contribution in [3.63, 3.8) is 0 Å². The summed E-state index contributed by atoms with van der Waals surface area (Å²) in [6, 6.07) is 1.08. The quantitative estimate of drug-likeness (QED) is 0.329. The van der Waals surface area contributed by atoms with E-state index in [9.17, 15) is 4.79 Å². The molecule has 0 aliphatic rings. The summed E-state index contributed by atoms with van der Waals surface area (Å²) in [5.74, 6) is 0.221. The molecular weight excluding hydrogens is 196 g/mol. The second kappa shape index (κ2) is 10.6. The highest BCUT2D eigenvalue weighted by molar-refractivity contribution is 6.27. The maximum atomic E-state index is 11.0. The van der Waals surface area contributed by atoms with Crippen LogP contribution in [0.2, 0.25) is 6.04 Å². The molecule has 0 aromatic carbocycles. The van der Waals surface area contributed by atoms with Crippen molar-refractivity contribution in [3.8, 4) is 0 Å². The van der Waals surface area contributed by atoms with E-state index in [2.05, 4.69) is 0 Å². The third-order valence-electron chi connectivity index (χ3n) is 1.75. The molecule has 0 saturated carbocycles. The SMILES string of the molecule is CC=CC(=O)CCC[SiH2]OCCOC. The van der Waals surface area contributed by atoms with E-state index < -0.39 is 9.76 Å². The lowest BCUT2D eigenvalue weighted by Crippen LogP contribution is -2.05. The van der Waals surface area contributed by atoms with Gasteiger partial charge in [0.25, 0.3) is 0 Å². The monoisotopic (exact) mass is 216 g/mol. The Morgan fingerprint density at radius 1 is 1.43 bits per heavy atom. The Labute approximate surface area is 88.4 Å². The summed E-state index contributed by atoms with van der Waals surface area (Å²) in [4.78, 5) is 11.0. The van der Waals surface area contributed by atoms with Crippen LogP contribution in [-0.2, 0) is 14.0 Å². The zero-order valence-corrected chi connectivity index (χ0v) is 10.5. The summed E-state index contributed by atoms with van der Waals surface area (Å²) in [5, 5.41) is 0. The Hall–Kier alpha value is -0.453. The Bertz CT molecular complexity index is 169. The standard InChI is InChI=1S/C10H20O3Si/c1-3-5-10(11)6-4-9-14-13-8-7-12-2/h3,5H,4,6-9,14H2,1-2H3. The van der Waals surface area contributed by atoms with Crippen LogP contribution in [0.15, 0.2) is 12.2 Å². The molecule has 0 aliphatic heterocycles. The molecular formula is C10H20O3Si. The first kappa shape index (κ1) is 13.5. The number of carbonyl (C=O) groups excluding carboxylic acids is 1. The molecule has 0 spiro atoms. The molecule has 0 unspecified atom stereocenters. The summed E-state index contributed by atoms with van der Waals surface area (Å²) in [7, 11) is 1.25. The van der Waals surface area contributed by atoms with E-state index in [-0.39, 0.29) is 5.78 Å². The predicted molar refractivity (Wildman–Crippen MR) is 60.2 cm³/mol. The molecule has 0 fully saturated rings. The number of ether oxygens (including phenoxy) is 1. The van der Waals surface area contributed by atoms with E-state index in [0.29, 0.717) is 19.6 Å². The van der Waals surface area contributed by atoms with Crippen LogP contribution in [0.25, 0.3) is 0 Å². The van der Waals surface area contributed by atoms with Gasteiger partial charge in [0.15, 0.2) is 15.5 Å². The van der Waals surface area contributed by atoms with Crippen molar-refractivity contribution in [2.45, 2.75) is 25.8 Å². The Balaban J connectivity index is 3.09. The van der Waals surface area contributed by atoms with Gasteiger partial charge < -0.3 is 9.16 Å². The molecule has 0 saturated heterocycles. The Morgan fingerprint density at radius 2 is 2.21 bits per heavy atom. The molecule has 0 atom stereocenters. The molecule has 0 amide bonds. The summed E-state index contributed by atoms with van der Waals surface area (Å²) in [6.07, 6.45) is 5.04. The van der Waals surface area contributed by atoms with Crippen LogP contribution in [0.5, 0.6) is 0 Å². The first-order valence-electron chi connectivity index (χ1n) is 5.03. The van der Waals surface area contributed by atoms with Gasteiger partial charge in [0.2, 0.25) is 0 Å². The van der Waals surface area contributed by atoms with Gasteiger partial charge in [0, 0.05) is 13.5 Å². The summed E-state index contributed by atoms with van der Waals surface area (Å²) >= 11 is 0. The summed E-state index contributed by atoms with van der Waals surface area (Å²) in [5.41, 5.74) is 0. The maximum Gasteiger partial charge on any atom is 0.161 e. The molecule has 0 rings (SSSR count). The van der Waals surface area contributed by atoms with Gasteiger partial charge in [-0.1, -0.05) is 6.08 Å². The van der Waals surface area contributed by atoms with Crippen molar-refractivity contribution in [2.24, 2.45) is 0 Å². The topological polar surface area (TPSA) is 35.5 Å². The second-order valence-corrected chi connectivity index (χ2v) is 4.55. The normalized spacial score (nSPS) is 11.9. The molecule has 0 heterocycles. The third-order valence-corrected chi connectivity index (χ3v) is 3.11. The van der Waals surface area contributed by atoms with Crippen molar-refractivity contribution < 1.29 is 14.0 Å². The van der Waals surface area contributed by atoms with Crippen LogP contribution >= 0.6 is 0 Å². The fourth-order valence-corrected chi connectivity index (χ4v) is 2.00. The van der Waals surface area contributed by atoms with E-state index >= 15 is 0 Å². The number of methoxy groups -OCH3 is 1. The van der Waals surface area contributed by atoms with Crippen LogP contribution in [0.1, 0.15) is 19.8 Å². The number of hydrogen-bond acceptors (Lipinski definition) is 3. The van der Waals surface area contributed by atoms with Crippen molar-refractivity contribution in [2.75, 3.05) is 20.3 Å². The highest BCUT2D eigenvalue weighted by Gasteiger charge is 1.96. The third kappa shape index (κ3) is 9.63. The molecule has 0 aliphatic carbocycles. The lowest BCUT2D eigenvalue weighted by atomic mass is 10.2. The van der Waals surface area contributed by atoms with Crippen LogP contribution in [-0.4, -0.2) is 35.9 Å². The Kier molecular flexibility index (Phi) is 10.3. The van der Waals surface area contributed by atoms with Crippen molar-refractivity contribution in [1.82, 2.24) is 0 Å². The van der Waals surface area contributed by atoms with E-state index in [4.69, 9.17) is 9.16 Å². The smallest absolute Gasteiger partial charge is 0.161 e. The fraction of sp³-hybridized carbons (Fsp3) is 0.700. The molecule has 0 aromatic rings. The average Bonchev–Trinajstić information content (AvgIpc) is 2.17. The van der Waals surface area contributed by atoms with Crippen LogP contribution in [0, 0.1) is 0 Å². The van der Waals surface area contributed by atoms with Gasteiger partial charge in [-0.2, -0.15) is 0 Å². The molecule has 0 N–H and O–H groups in total. The van der Waals surface area contributed by atoms with Gasteiger partial charge in [0.1, 0.15) is 0 Å². The molecule has 0 bridgehead atoms. The predicted octanol–water partition coefficient (Wildman–Crippen LogP) is 1.08.